The maximum absolute atomic E-state index is 12.8. The number of rotatable bonds is 4. The third-order valence-electron chi connectivity index (χ3n) is 5.22. The second-order valence-electron chi connectivity index (χ2n) is 7.04. The zero-order valence-electron chi connectivity index (χ0n) is 15.0. The normalized spacial score (nSPS) is 16.5. The van der Waals surface area contributed by atoms with Crippen LogP contribution in [0.4, 0.5) is 5.13 Å². The predicted molar refractivity (Wildman–Crippen MR) is 101 cm³/mol. The number of carbonyl (C=O) groups excluding carboxylic acids is 2. The number of aromatic nitrogens is 2. The Morgan fingerprint density at radius 1 is 1.29 bits per heavy atom. The molecule has 4 heterocycles. The van der Waals surface area contributed by atoms with Crippen molar-refractivity contribution in [1.29, 1.82) is 0 Å². The van der Waals surface area contributed by atoms with Crippen molar-refractivity contribution in [2.75, 3.05) is 11.9 Å². The summed E-state index contributed by atoms with van der Waals surface area (Å²) in [6.45, 7) is 1.00. The molecule has 0 spiro atoms. The van der Waals surface area contributed by atoms with Gasteiger partial charge in [0.25, 0.3) is 5.91 Å². The summed E-state index contributed by atoms with van der Waals surface area (Å²) in [6, 6.07) is 5.09. The summed E-state index contributed by atoms with van der Waals surface area (Å²) in [6.07, 6.45) is 5.22. The summed E-state index contributed by atoms with van der Waals surface area (Å²) in [7, 11) is 0. The van der Waals surface area contributed by atoms with E-state index < -0.39 is 0 Å². The molecular formula is C19H18N4O4S. The molecule has 1 fully saturated rings. The second kappa shape index (κ2) is 6.90. The number of fused-ring (bicyclic) bond motifs is 1. The van der Waals surface area contributed by atoms with Crippen LogP contribution in [0.3, 0.4) is 0 Å². The third kappa shape index (κ3) is 3.11. The first-order valence-corrected chi connectivity index (χ1v) is 10.1. The van der Waals surface area contributed by atoms with Crippen LogP contribution < -0.4 is 5.32 Å². The molecular weight excluding hydrogens is 380 g/mol. The monoisotopic (exact) mass is 398 g/mol. The Morgan fingerprint density at radius 2 is 2.18 bits per heavy atom. The highest BCUT2D eigenvalue weighted by molar-refractivity contribution is 7.15. The number of nitrogens with zero attached hydrogens (tertiary/aromatic N) is 3. The summed E-state index contributed by atoms with van der Waals surface area (Å²) in [4.78, 5) is 32.2. The van der Waals surface area contributed by atoms with E-state index >= 15 is 0 Å². The molecule has 0 unspecified atom stereocenters. The van der Waals surface area contributed by atoms with Gasteiger partial charge in [-0.15, -0.1) is 0 Å². The van der Waals surface area contributed by atoms with Gasteiger partial charge in [-0.1, -0.05) is 22.9 Å². The lowest BCUT2D eigenvalue weighted by Crippen LogP contribution is -2.35. The van der Waals surface area contributed by atoms with Gasteiger partial charge in [0, 0.05) is 29.8 Å². The molecule has 5 rings (SSSR count). The van der Waals surface area contributed by atoms with Gasteiger partial charge in [-0.05, 0) is 25.0 Å². The molecule has 1 saturated carbocycles. The van der Waals surface area contributed by atoms with Gasteiger partial charge < -0.3 is 19.2 Å². The van der Waals surface area contributed by atoms with Gasteiger partial charge in [-0.3, -0.25) is 9.59 Å². The Morgan fingerprint density at radius 3 is 2.93 bits per heavy atom. The number of furan rings is 1. The number of nitrogens with one attached hydrogen (secondary N) is 1. The minimum absolute atomic E-state index is 0.0540. The van der Waals surface area contributed by atoms with E-state index in [-0.39, 0.29) is 23.4 Å². The zero-order chi connectivity index (χ0) is 19.1. The Bertz CT molecular complexity index is 1020. The maximum atomic E-state index is 12.8. The Labute approximate surface area is 164 Å². The van der Waals surface area contributed by atoms with Crippen LogP contribution in [-0.2, 0) is 17.8 Å². The molecule has 2 amide bonds. The summed E-state index contributed by atoms with van der Waals surface area (Å²) in [5.41, 5.74) is 1.20. The van der Waals surface area contributed by atoms with Crippen molar-refractivity contribution in [1.82, 2.24) is 15.0 Å². The smallest absolute Gasteiger partial charge is 0.276 e. The van der Waals surface area contributed by atoms with Crippen LogP contribution in [0, 0.1) is 5.92 Å². The molecule has 0 saturated heterocycles. The summed E-state index contributed by atoms with van der Waals surface area (Å²) in [5.74, 6) is 0.931. The largest absolute Gasteiger partial charge is 0.461 e. The zero-order valence-corrected chi connectivity index (χ0v) is 15.8. The van der Waals surface area contributed by atoms with Gasteiger partial charge >= 0.3 is 0 Å². The Hall–Kier alpha value is -2.94. The summed E-state index contributed by atoms with van der Waals surface area (Å²) < 4.78 is 10.5. The molecule has 28 heavy (non-hydrogen) atoms. The molecule has 0 aromatic carbocycles. The fourth-order valence-electron chi connectivity index (χ4n) is 3.37. The van der Waals surface area contributed by atoms with Gasteiger partial charge in [0.15, 0.2) is 16.6 Å². The van der Waals surface area contributed by atoms with Crippen LogP contribution in [0.15, 0.2) is 33.4 Å². The number of carbonyl (C=O) groups is 2. The molecule has 1 aliphatic heterocycles. The van der Waals surface area contributed by atoms with Crippen LogP contribution in [0.5, 0.6) is 0 Å². The molecule has 1 N–H and O–H groups in total. The lowest BCUT2D eigenvalue weighted by Gasteiger charge is -2.25. The predicted octanol–water partition coefficient (Wildman–Crippen LogP) is 3.33. The SMILES string of the molecule is O=C(Nc1nc2c(s1)CN(C(=O)c1cc(-c3ccco3)on1)CC2)C1CCC1. The van der Waals surface area contributed by atoms with Gasteiger partial charge in [0.2, 0.25) is 11.7 Å². The molecule has 0 radical (unpaired) electrons. The highest BCUT2D eigenvalue weighted by Gasteiger charge is 2.29. The fraction of sp³-hybridized carbons (Fsp3) is 0.368. The van der Waals surface area contributed by atoms with Crippen LogP contribution in [0.2, 0.25) is 0 Å². The minimum atomic E-state index is -0.194. The standard InChI is InChI=1S/C19H18N4O4S/c24-17(11-3-1-4-11)21-19-20-12-6-7-23(10-16(12)28-19)18(25)13-9-15(27-22-13)14-5-2-8-26-14/h2,5,8-9,11H,1,3-4,6-7,10H2,(H,20,21,24). The fourth-order valence-corrected chi connectivity index (χ4v) is 4.40. The topological polar surface area (TPSA) is 101 Å². The number of thiazole rings is 1. The van der Waals surface area contributed by atoms with Gasteiger partial charge in [0.05, 0.1) is 18.5 Å². The number of amides is 2. The van der Waals surface area contributed by atoms with Gasteiger partial charge in [0.1, 0.15) is 0 Å². The molecule has 3 aromatic heterocycles. The number of hydrogen-bond acceptors (Lipinski definition) is 7. The average molecular weight is 398 g/mol. The first kappa shape index (κ1) is 17.2. The highest BCUT2D eigenvalue weighted by Crippen LogP contribution is 2.32. The maximum Gasteiger partial charge on any atom is 0.276 e. The van der Waals surface area contributed by atoms with Crippen molar-refractivity contribution in [2.24, 2.45) is 5.92 Å². The van der Waals surface area contributed by atoms with E-state index in [2.05, 4.69) is 15.5 Å². The summed E-state index contributed by atoms with van der Waals surface area (Å²) >= 11 is 1.44. The molecule has 0 bridgehead atoms. The molecule has 3 aromatic rings. The van der Waals surface area contributed by atoms with E-state index in [4.69, 9.17) is 8.94 Å². The number of anilines is 1. The third-order valence-corrected chi connectivity index (χ3v) is 6.22. The van der Waals surface area contributed by atoms with Gasteiger partial charge in [-0.2, -0.15) is 0 Å². The summed E-state index contributed by atoms with van der Waals surface area (Å²) in [5, 5.41) is 7.43. The van der Waals surface area contributed by atoms with E-state index in [0.717, 1.165) is 29.8 Å². The highest BCUT2D eigenvalue weighted by atomic mass is 32.1. The van der Waals surface area contributed by atoms with Crippen LogP contribution >= 0.6 is 11.3 Å². The molecule has 1 aliphatic carbocycles. The lowest BCUT2D eigenvalue weighted by molar-refractivity contribution is -0.122. The molecule has 8 nitrogen and oxygen atoms in total. The minimum Gasteiger partial charge on any atom is -0.461 e. The lowest BCUT2D eigenvalue weighted by atomic mass is 9.85. The van der Waals surface area contributed by atoms with Crippen molar-refractivity contribution >= 4 is 28.3 Å². The molecule has 9 heteroatoms. The van der Waals surface area contributed by atoms with E-state index in [1.54, 1.807) is 23.1 Å². The van der Waals surface area contributed by atoms with E-state index in [1.165, 1.54) is 17.6 Å². The van der Waals surface area contributed by atoms with Crippen LogP contribution in [-0.4, -0.2) is 33.4 Å². The Kier molecular flexibility index (Phi) is 4.23. The van der Waals surface area contributed by atoms with E-state index in [0.29, 0.717) is 36.2 Å². The van der Waals surface area contributed by atoms with Crippen molar-refractivity contribution in [2.45, 2.75) is 32.2 Å². The molecule has 2 aliphatic rings. The van der Waals surface area contributed by atoms with Crippen LogP contribution in [0.25, 0.3) is 11.5 Å². The first-order valence-electron chi connectivity index (χ1n) is 9.26. The first-order chi connectivity index (χ1) is 13.7. The van der Waals surface area contributed by atoms with Crippen LogP contribution in [0.1, 0.15) is 40.3 Å². The molecule has 144 valence electrons. The van der Waals surface area contributed by atoms with Crippen molar-refractivity contribution in [3.63, 3.8) is 0 Å². The average Bonchev–Trinajstić information content (AvgIpc) is 3.37. The second-order valence-corrected chi connectivity index (χ2v) is 8.12. The van der Waals surface area contributed by atoms with Crippen molar-refractivity contribution < 1.29 is 18.5 Å². The van der Waals surface area contributed by atoms with E-state index in [9.17, 15) is 9.59 Å². The van der Waals surface area contributed by atoms with Gasteiger partial charge in [-0.25, -0.2) is 4.98 Å². The van der Waals surface area contributed by atoms with E-state index in [1.807, 2.05) is 0 Å². The number of hydrogen-bond donors (Lipinski definition) is 1. The van der Waals surface area contributed by atoms with Crippen molar-refractivity contribution in [3.05, 3.63) is 40.7 Å². The Balaban J connectivity index is 1.27. The van der Waals surface area contributed by atoms with Crippen molar-refractivity contribution in [3.8, 4) is 11.5 Å². The quantitative estimate of drug-likeness (QED) is 0.723. The molecule has 0 atom stereocenters.